The first-order chi connectivity index (χ1) is 8.72. The van der Waals surface area contributed by atoms with E-state index in [0.29, 0.717) is 5.78 Å². The first-order valence-corrected chi connectivity index (χ1v) is 7.52. The minimum atomic E-state index is -0.477. The molecule has 0 aromatic heterocycles. The summed E-state index contributed by atoms with van der Waals surface area (Å²) < 4.78 is 5.66. The molecule has 1 saturated heterocycles. The molecule has 0 spiro atoms. The fraction of sp³-hybridized carbons (Fsp3) is 0.933. The molecule has 104 valence electrons. The van der Waals surface area contributed by atoms with Gasteiger partial charge in [-0.2, -0.15) is 0 Å². The fourth-order valence-corrected chi connectivity index (χ4v) is 3.59. The Hall–Kier alpha value is -0.410. The number of Topliss-reactive ketones (excluding diaryl/α,β-unsaturated/α-hetero) is 1. The molecule has 0 unspecified atom stereocenters. The second-order valence-corrected chi connectivity index (χ2v) is 5.94. The first-order valence-electron chi connectivity index (χ1n) is 7.52. The van der Waals surface area contributed by atoms with Crippen molar-refractivity contribution in [1.82, 2.24) is 5.32 Å². The van der Waals surface area contributed by atoms with Crippen molar-refractivity contribution in [2.45, 2.75) is 57.5 Å². The average Bonchev–Trinajstić information content (AvgIpc) is 2.47. The molecule has 1 N–H and O–H groups in total. The molecule has 1 heterocycles. The first kappa shape index (κ1) is 14.0. The largest absolute Gasteiger partial charge is 0.370 e. The predicted octanol–water partition coefficient (Wildman–Crippen LogP) is 2.54. The van der Waals surface area contributed by atoms with Crippen LogP contribution in [0.25, 0.3) is 0 Å². The lowest BCUT2D eigenvalue weighted by Gasteiger charge is -2.39. The molecule has 3 heteroatoms. The van der Waals surface area contributed by atoms with Gasteiger partial charge in [-0.25, -0.2) is 0 Å². The highest BCUT2D eigenvalue weighted by molar-refractivity contribution is 5.89. The van der Waals surface area contributed by atoms with Crippen LogP contribution in [0, 0.1) is 11.8 Å². The van der Waals surface area contributed by atoms with E-state index in [2.05, 4.69) is 12.2 Å². The van der Waals surface area contributed by atoms with Gasteiger partial charge < -0.3 is 10.1 Å². The van der Waals surface area contributed by atoms with Gasteiger partial charge in [0.1, 0.15) is 5.60 Å². The van der Waals surface area contributed by atoms with Gasteiger partial charge in [-0.3, -0.25) is 4.79 Å². The van der Waals surface area contributed by atoms with Crippen molar-refractivity contribution in [2.75, 3.05) is 20.2 Å². The van der Waals surface area contributed by atoms with Crippen LogP contribution in [0.4, 0.5) is 0 Å². The minimum Gasteiger partial charge on any atom is -0.370 e. The van der Waals surface area contributed by atoms with Crippen LogP contribution in [0.1, 0.15) is 51.9 Å². The predicted molar refractivity (Wildman–Crippen MR) is 72.6 cm³/mol. The lowest BCUT2D eigenvalue weighted by atomic mass is 9.73. The number of nitrogens with one attached hydrogen (secondary N) is 1. The van der Waals surface area contributed by atoms with Gasteiger partial charge in [0, 0.05) is 13.0 Å². The summed E-state index contributed by atoms with van der Waals surface area (Å²) in [4.78, 5) is 12.7. The van der Waals surface area contributed by atoms with Crippen molar-refractivity contribution in [3.8, 4) is 0 Å². The molecule has 0 amide bonds. The van der Waals surface area contributed by atoms with E-state index in [-0.39, 0.29) is 5.92 Å². The van der Waals surface area contributed by atoms with E-state index < -0.39 is 5.60 Å². The van der Waals surface area contributed by atoms with Gasteiger partial charge in [0.2, 0.25) is 0 Å². The second-order valence-electron chi connectivity index (χ2n) is 5.94. The number of hydrogen-bond donors (Lipinski definition) is 1. The van der Waals surface area contributed by atoms with Gasteiger partial charge >= 0.3 is 0 Å². The number of ketones is 1. The standard InChI is InChI=1S/C15H27NO2/c1-3-12-4-6-13(7-5-12)14(17)15(18-2)8-10-16-11-9-15/h12-13,16H,3-11H2,1-2H3. The highest BCUT2D eigenvalue weighted by Crippen LogP contribution is 2.36. The van der Waals surface area contributed by atoms with Gasteiger partial charge in [0.05, 0.1) is 0 Å². The molecule has 18 heavy (non-hydrogen) atoms. The van der Waals surface area contributed by atoms with E-state index in [1.54, 1.807) is 7.11 Å². The highest BCUT2D eigenvalue weighted by atomic mass is 16.5. The van der Waals surface area contributed by atoms with Crippen LogP contribution < -0.4 is 5.32 Å². The highest BCUT2D eigenvalue weighted by Gasteiger charge is 2.43. The monoisotopic (exact) mass is 253 g/mol. The van der Waals surface area contributed by atoms with Crippen molar-refractivity contribution in [3.63, 3.8) is 0 Å². The zero-order valence-corrected chi connectivity index (χ0v) is 11.8. The number of rotatable bonds is 4. The van der Waals surface area contributed by atoms with Crippen LogP contribution in [-0.4, -0.2) is 31.6 Å². The zero-order chi connectivity index (χ0) is 13.0. The Labute approximate surface area is 111 Å². The molecule has 3 nitrogen and oxygen atoms in total. The quantitative estimate of drug-likeness (QED) is 0.836. The Bertz CT molecular complexity index is 276. The van der Waals surface area contributed by atoms with Crippen LogP contribution in [-0.2, 0) is 9.53 Å². The maximum absolute atomic E-state index is 12.7. The van der Waals surface area contributed by atoms with E-state index >= 15 is 0 Å². The van der Waals surface area contributed by atoms with Gasteiger partial charge in [-0.1, -0.05) is 13.3 Å². The SMILES string of the molecule is CCC1CCC(C(=O)C2(OC)CCNCC2)CC1. The molecule has 1 aliphatic heterocycles. The topological polar surface area (TPSA) is 38.3 Å². The number of carbonyl (C=O) groups excluding carboxylic acids is 1. The fourth-order valence-electron chi connectivity index (χ4n) is 3.59. The van der Waals surface area contributed by atoms with Gasteiger partial charge in [0.15, 0.2) is 5.78 Å². The molecule has 0 atom stereocenters. The number of hydrogen-bond acceptors (Lipinski definition) is 3. The smallest absolute Gasteiger partial charge is 0.167 e. The molecule has 1 saturated carbocycles. The Morgan fingerprint density at radius 3 is 2.33 bits per heavy atom. The molecule has 0 radical (unpaired) electrons. The van der Waals surface area contributed by atoms with E-state index in [9.17, 15) is 4.79 Å². The lowest BCUT2D eigenvalue weighted by molar-refractivity contribution is -0.150. The van der Waals surface area contributed by atoms with Gasteiger partial charge in [-0.05, 0) is 57.5 Å². The van der Waals surface area contributed by atoms with Crippen LogP contribution in [0.2, 0.25) is 0 Å². The van der Waals surface area contributed by atoms with Crippen molar-refractivity contribution < 1.29 is 9.53 Å². The van der Waals surface area contributed by atoms with Crippen LogP contribution in [0.5, 0.6) is 0 Å². The average molecular weight is 253 g/mol. The summed E-state index contributed by atoms with van der Waals surface area (Å²) >= 11 is 0. The Morgan fingerprint density at radius 2 is 1.83 bits per heavy atom. The number of carbonyl (C=O) groups is 1. The van der Waals surface area contributed by atoms with E-state index in [1.807, 2.05) is 0 Å². The summed E-state index contributed by atoms with van der Waals surface area (Å²) in [6.07, 6.45) is 7.56. The summed E-state index contributed by atoms with van der Waals surface area (Å²) in [7, 11) is 1.71. The van der Waals surface area contributed by atoms with Crippen molar-refractivity contribution >= 4 is 5.78 Å². The third kappa shape index (κ3) is 2.77. The van der Waals surface area contributed by atoms with Crippen molar-refractivity contribution in [2.24, 2.45) is 11.8 Å². The molecule has 0 aromatic rings. The van der Waals surface area contributed by atoms with E-state index in [1.165, 1.54) is 19.3 Å². The molecular weight excluding hydrogens is 226 g/mol. The van der Waals surface area contributed by atoms with E-state index in [0.717, 1.165) is 44.7 Å². The molecule has 0 bridgehead atoms. The van der Waals surface area contributed by atoms with Gasteiger partial charge in [-0.15, -0.1) is 0 Å². The summed E-state index contributed by atoms with van der Waals surface area (Å²) in [5.41, 5.74) is -0.477. The minimum absolute atomic E-state index is 0.255. The third-order valence-electron chi connectivity index (χ3n) is 5.05. The maximum Gasteiger partial charge on any atom is 0.167 e. The molecule has 2 rings (SSSR count). The number of ether oxygens (including phenoxy) is 1. The Morgan fingerprint density at radius 1 is 1.22 bits per heavy atom. The second kappa shape index (κ2) is 6.16. The van der Waals surface area contributed by atoms with E-state index in [4.69, 9.17) is 4.74 Å². The Kier molecular flexibility index (Phi) is 4.79. The number of methoxy groups -OCH3 is 1. The summed E-state index contributed by atoms with van der Waals surface area (Å²) in [6.45, 7) is 4.07. The van der Waals surface area contributed by atoms with Crippen LogP contribution >= 0.6 is 0 Å². The summed E-state index contributed by atoms with van der Waals surface area (Å²) in [6, 6.07) is 0. The lowest BCUT2D eigenvalue weighted by Crippen LogP contribution is -2.52. The summed E-state index contributed by atoms with van der Waals surface area (Å²) in [5.74, 6) is 1.49. The molecule has 2 fully saturated rings. The number of piperidine rings is 1. The summed E-state index contributed by atoms with van der Waals surface area (Å²) in [5, 5.41) is 3.32. The van der Waals surface area contributed by atoms with Crippen molar-refractivity contribution in [1.29, 1.82) is 0 Å². The zero-order valence-electron chi connectivity index (χ0n) is 11.8. The molecule has 1 aliphatic carbocycles. The molecular formula is C15H27NO2. The maximum atomic E-state index is 12.7. The van der Waals surface area contributed by atoms with Gasteiger partial charge in [0.25, 0.3) is 0 Å². The molecule has 2 aliphatic rings. The van der Waals surface area contributed by atoms with Crippen molar-refractivity contribution in [3.05, 3.63) is 0 Å². The van der Waals surface area contributed by atoms with Crippen LogP contribution in [0.15, 0.2) is 0 Å². The molecule has 0 aromatic carbocycles. The normalized spacial score (nSPS) is 32.1. The third-order valence-corrected chi connectivity index (χ3v) is 5.05. The Balaban J connectivity index is 1.97. The van der Waals surface area contributed by atoms with Crippen LogP contribution in [0.3, 0.4) is 0 Å².